The van der Waals surface area contributed by atoms with Crippen LogP contribution >= 0.6 is 11.6 Å². The van der Waals surface area contributed by atoms with E-state index in [-0.39, 0.29) is 17.9 Å². The molecule has 2 aromatic carbocycles. The molecule has 0 bridgehead atoms. The molecule has 0 aliphatic carbocycles. The highest BCUT2D eigenvalue weighted by Gasteiger charge is 2.28. The summed E-state index contributed by atoms with van der Waals surface area (Å²) < 4.78 is 5.07. The van der Waals surface area contributed by atoms with Crippen LogP contribution in [0, 0.1) is 0 Å². The number of hydrogen-bond acceptors (Lipinski definition) is 3. The molecule has 162 valence electrons. The van der Waals surface area contributed by atoms with Gasteiger partial charge in [-0.05, 0) is 36.2 Å². The van der Waals surface area contributed by atoms with E-state index in [2.05, 4.69) is 11.1 Å². The number of piperazine rings is 1. The normalized spacial score (nSPS) is 15.2. The van der Waals surface area contributed by atoms with Crippen LogP contribution in [0.3, 0.4) is 0 Å². The Hall–Kier alpha value is -2.99. The summed E-state index contributed by atoms with van der Waals surface area (Å²) in [6.07, 6.45) is 2.03. The van der Waals surface area contributed by atoms with Crippen LogP contribution in [0.1, 0.15) is 30.4 Å². The van der Waals surface area contributed by atoms with E-state index < -0.39 is 0 Å². The number of ether oxygens (including phenoxy) is 1. The Labute approximate surface area is 186 Å². The number of carbonyl (C=O) groups excluding carboxylic acids is 2. The molecule has 0 unspecified atom stereocenters. The topological polar surface area (TPSA) is 65.6 Å². The molecule has 4 rings (SSSR count). The molecule has 1 aromatic heterocycles. The summed E-state index contributed by atoms with van der Waals surface area (Å²) >= 11 is 6.10. The predicted octanol–water partition coefficient (Wildman–Crippen LogP) is 4.64. The first-order valence-electron chi connectivity index (χ1n) is 10.6. The lowest BCUT2D eigenvalue weighted by atomic mass is 9.87. The van der Waals surface area contributed by atoms with Gasteiger partial charge in [-0.2, -0.15) is 0 Å². The van der Waals surface area contributed by atoms with Crippen LogP contribution in [0.4, 0.5) is 4.79 Å². The monoisotopic (exact) mass is 439 g/mol. The number of H-pyrrole nitrogens is 1. The minimum absolute atomic E-state index is 0.0775. The van der Waals surface area contributed by atoms with Crippen molar-refractivity contribution in [2.45, 2.75) is 19.3 Å². The van der Waals surface area contributed by atoms with Gasteiger partial charge < -0.3 is 19.5 Å². The molecule has 0 saturated carbocycles. The molecule has 6 nitrogen and oxygen atoms in total. The number of fused-ring (bicyclic) bond motifs is 1. The molecule has 0 radical (unpaired) electrons. The fourth-order valence-corrected chi connectivity index (χ4v) is 4.27. The maximum atomic E-state index is 13.2. The van der Waals surface area contributed by atoms with Gasteiger partial charge in [0.25, 0.3) is 0 Å². The van der Waals surface area contributed by atoms with Crippen molar-refractivity contribution in [3.63, 3.8) is 0 Å². The Morgan fingerprint density at radius 1 is 1.03 bits per heavy atom. The van der Waals surface area contributed by atoms with E-state index in [4.69, 9.17) is 16.3 Å². The van der Waals surface area contributed by atoms with Gasteiger partial charge in [0.15, 0.2) is 0 Å². The maximum absolute atomic E-state index is 13.2. The number of rotatable bonds is 5. The van der Waals surface area contributed by atoms with Crippen molar-refractivity contribution in [2.24, 2.45) is 0 Å². The van der Waals surface area contributed by atoms with Crippen LogP contribution in [-0.4, -0.2) is 59.6 Å². The van der Waals surface area contributed by atoms with Crippen molar-refractivity contribution in [1.82, 2.24) is 14.8 Å². The predicted molar refractivity (Wildman–Crippen MR) is 121 cm³/mol. The van der Waals surface area contributed by atoms with Crippen molar-refractivity contribution in [3.8, 4) is 0 Å². The number of amides is 2. The third kappa shape index (κ3) is 4.69. The highest BCUT2D eigenvalue weighted by atomic mass is 35.5. The number of hydrogen-bond donors (Lipinski definition) is 1. The van der Waals surface area contributed by atoms with Gasteiger partial charge in [0.05, 0.1) is 6.61 Å². The average Bonchev–Trinajstić information content (AvgIpc) is 3.22. The molecule has 7 heteroatoms. The summed E-state index contributed by atoms with van der Waals surface area (Å²) in [5.41, 5.74) is 3.19. The summed E-state index contributed by atoms with van der Waals surface area (Å²) in [7, 11) is 0. The molecular weight excluding hydrogens is 414 g/mol. The number of aromatic nitrogens is 1. The molecule has 1 N–H and O–H groups in total. The lowest BCUT2D eigenvalue weighted by Crippen LogP contribution is -2.50. The van der Waals surface area contributed by atoms with Gasteiger partial charge in [-0.3, -0.25) is 4.79 Å². The molecule has 31 heavy (non-hydrogen) atoms. The first-order valence-corrected chi connectivity index (χ1v) is 11.0. The molecule has 1 aliphatic rings. The maximum Gasteiger partial charge on any atom is 0.409 e. The van der Waals surface area contributed by atoms with E-state index in [0.717, 1.165) is 22.0 Å². The lowest BCUT2D eigenvalue weighted by Gasteiger charge is -2.34. The Morgan fingerprint density at radius 2 is 1.71 bits per heavy atom. The van der Waals surface area contributed by atoms with Crippen LogP contribution in [0.5, 0.6) is 0 Å². The fourth-order valence-electron chi connectivity index (χ4n) is 4.14. The van der Waals surface area contributed by atoms with E-state index in [0.29, 0.717) is 44.2 Å². The highest BCUT2D eigenvalue weighted by Crippen LogP contribution is 2.34. The van der Waals surface area contributed by atoms with Crippen molar-refractivity contribution < 1.29 is 14.3 Å². The summed E-state index contributed by atoms with van der Waals surface area (Å²) in [4.78, 5) is 32.0. The van der Waals surface area contributed by atoms with Gasteiger partial charge in [-0.25, -0.2) is 4.79 Å². The fraction of sp³-hybridized carbons (Fsp3) is 0.333. The number of nitrogens with zero attached hydrogens (tertiary/aromatic N) is 2. The Balaban J connectivity index is 1.54. The minimum Gasteiger partial charge on any atom is -0.450 e. The van der Waals surface area contributed by atoms with E-state index >= 15 is 0 Å². The van der Waals surface area contributed by atoms with Crippen molar-refractivity contribution >= 4 is 34.5 Å². The van der Waals surface area contributed by atoms with E-state index in [1.54, 1.807) is 11.8 Å². The second-order valence-electron chi connectivity index (χ2n) is 7.66. The largest absolute Gasteiger partial charge is 0.450 e. The van der Waals surface area contributed by atoms with Gasteiger partial charge in [0, 0.05) is 60.6 Å². The third-order valence-corrected chi connectivity index (χ3v) is 6.06. The quantitative estimate of drug-likeness (QED) is 0.629. The Morgan fingerprint density at radius 3 is 2.42 bits per heavy atom. The molecule has 2 amide bonds. The molecule has 1 fully saturated rings. The third-order valence-electron chi connectivity index (χ3n) is 5.81. The minimum atomic E-state index is -0.313. The molecule has 1 atom stereocenters. The molecule has 1 aliphatic heterocycles. The summed E-state index contributed by atoms with van der Waals surface area (Å²) in [5, 5.41) is 1.78. The van der Waals surface area contributed by atoms with Gasteiger partial charge in [0.1, 0.15) is 0 Å². The standard InChI is InChI=1S/C24H26ClN3O3/c1-2-31-24(30)28-13-11-27(12-14-28)23(29)15-20(17-7-9-18(25)10-8-17)21-16-26-22-6-4-3-5-19(21)22/h3-10,16,20,26H,2,11-15H2,1H3/t20-/m0/s1. The van der Waals surface area contributed by atoms with Gasteiger partial charge in [0.2, 0.25) is 5.91 Å². The van der Waals surface area contributed by atoms with Crippen molar-refractivity contribution in [3.05, 3.63) is 70.9 Å². The van der Waals surface area contributed by atoms with Crippen LogP contribution in [0.15, 0.2) is 54.7 Å². The molecule has 0 spiro atoms. The lowest BCUT2D eigenvalue weighted by molar-refractivity contribution is -0.133. The van der Waals surface area contributed by atoms with E-state index in [1.165, 1.54) is 0 Å². The van der Waals surface area contributed by atoms with Gasteiger partial charge in [-0.15, -0.1) is 0 Å². The first kappa shape index (κ1) is 21.2. The zero-order chi connectivity index (χ0) is 21.8. The van der Waals surface area contributed by atoms with Crippen molar-refractivity contribution in [2.75, 3.05) is 32.8 Å². The van der Waals surface area contributed by atoms with E-state index in [1.807, 2.05) is 53.6 Å². The number of aromatic amines is 1. The highest BCUT2D eigenvalue weighted by molar-refractivity contribution is 6.30. The van der Waals surface area contributed by atoms with Crippen LogP contribution in [0.2, 0.25) is 5.02 Å². The number of nitrogens with one attached hydrogen (secondary N) is 1. The Kier molecular flexibility index (Phi) is 6.47. The zero-order valence-corrected chi connectivity index (χ0v) is 18.3. The molecule has 2 heterocycles. The summed E-state index contributed by atoms with van der Waals surface area (Å²) in [5.74, 6) is -0.0160. The molecular formula is C24H26ClN3O3. The van der Waals surface area contributed by atoms with Crippen LogP contribution in [0.25, 0.3) is 10.9 Å². The van der Waals surface area contributed by atoms with Gasteiger partial charge >= 0.3 is 6.09 Å². The summed E-state index contributed by atoms with van der Waals surface area (Å²) in [6.45, 7) is 4.15. The molecule has 1 saturated heterocycles. The first-order chi connectivity index (χ1) is 15.1. The zero-order valence-electron chi connectivity index (χ0n) is 17.5. The van der Waals surface area contributed by atoms with E-state index in [9.17, 15) is 9.59 Å². The number of carbonyl (C=O) groups is 2. The second kappa shape index (κ2) is 9.43. The van der Waals surface area contributed by atoms with Crippen LogP contribution in [-0.2, 0) is 9.53 Å². The van der Waals surface area contributed by atoms with Gasteiger partial charge in [-0.1, -0.05) is 41.9 Å². The smallest absolute Gasteiger partial charge is 0.409 e. The number of benzene rings is 2. The summed E-state index contributed by atoms with van der Waals surface area (Å²) in [6, 6.07) is 15.8. The average molecular weight is 440 g/mol. The Bertz CT molecular complexity index is 1060. The van der Waals surface area contributed by atoms with Crippen LogP contribution < -0.4 is 0 Å². The second-order valence-corrected chi connectivity index (χ2v) is 8.10. The number of para-hydroxylation sites is 1. The van der Waals surface area contributed by atoms with Crippen molar-refractivity contribution in [1.29, 1.82) is 0 Å². The SMILES string of the molecule is CCOC(=O)N1CCN(C(=O)C[C@@H](c2ccc(Cl)cc2)c2c[nH]c3ccccc23)CC1. The molecule has 3 aromatic rings. The number of halogens is 1.